The van der Waals surface area contributed by atoms with Crippen LogP contribution in [-0.2, 0) is 25.8 Å². The molecule has 1 saturated heterocycles. The molecule has 2 amide bonds. The molecule has 0 spiro atoms. The van der Waals surface area contributed by atoms with Crippen LogP contribution in [-0.4, -0.2) is 63.1 Å². The Kier molecular flexibility index (Phi) is 6.24. The van der Waals surface area contributed by atoms with Gasteiger partial charge in [-0.25, -0.2) is 8.42 Å². The Morgan fingerprint density at radius 1 is 0.969 bits per heavy atom. The number of amides is 2. The third kappa shape index (κ3) is 4.37. The summed E-state index contributed by atoms with van der Waals surface area (Å²) < 4.78 is 26.3. The SMILES string of the molecule is CC(=O)N1CCc2cc(S(=O)(=O)C(C)CC(=O)N3CCN(c4ccccc4)CC3)ccc21. The number of fused-ring (bicyclic) bond motifs is 1. The van der Waals surface area contributed by atoms with Crippen LogP contribution in [0.15, 0.2) is 53.4 Å². The lowest BCUT2D eigenvalue weighted by atomic mass is 10.2. The minimum absolute atomic E-state index is 0.0374. The number of piperazine rings is 1. The summed E-state index contributed by atoms with van der Waals surface area (Å²) in [4.78, 5) is 30.4. The van der Waals surface area contributed by atoms with Crippen LogP contribution in [0.4, 0.5) is 11.4 Å². The van der Waals surface area contributed by atoms with Crippen molar-refractivity contribution in [3.63, 3.8) is 0 Å². The second-order valence-electron chi connectivity index (χ2n) is 8.47. The number of carbonyl (C=O) groups excluding carboxylic acids is 2. The number of benzene rings is 2. The van der Waals surface area contributed by atoms with E-state index in [1.165, 1.54) is 6.92 Å². The molecular formula is C24H29N3O4S. The maximum absolute atomic E-state index is 13.1. The first kappa shape index (κ1) is 22.3. The van der Waals surface area contributed by atoms with Crippen molar-refractivity contribution in [3.05, 3.63) is 54.1 Å². The standard InChI is InChI=1S/C24H29N3O4S/c1-18(16-24(29)26-14-12-25(13-15-26)21-6-4-3-5-7-21)32(30,31)22-8-9-23-20(17-22)10-11-27(23)19(2)28/h3-9,17-18H,10-16H2,1-2H3. The quantitative estimate of drug-likeness (QED) is 0.692. The van der Waals surface area contributed by atoms with Crippen LogP contribution in [0.5, 0.6) is 0 Å². The molecule has 1 atom stereocenters. The van der Waals surface area contributed by atoms with E-state index in [-0.39, 0.29) is 23.1 Å². The summed E-state index contributed by atoms with van der Waals surface area (Å²) in [5.74, 6) is -0.177. The zero-order valence-corrected chi connectivity index (χ0v) is 19.3. The van der Waals surface area contributed by atoms with E-state index in [1.807, 2.05) is 18.2 Å². The number of hydrogen-bond donors (Lipinski definition) is 0. The Hall–Kier alpha value is -2.87. The summed E-state index contributed by atoms with van der Waals surface area (Å²) in [5, 5.41) is -0.814. The summed E-state index contributed by atoms with van der Waals surface area (Å²) in [6.45, 7) is 6.30. The van der Waals surface area contributed by atoms with E-state index < -0.39 is 15.1 Å². The highest BCUT2D eigenvalue weighted by Crippen LogP contribution is 2.31. The number of para-hydroxylation sites is 1. The summed E-state index contributed by atoms with van der Waals surface area (Å²) in [7, 11) is -3.65. The molecule has 2 aromatic rings. The fraction of sp³-hybridized carbons (Fsp3) is 0.417. The van der Waals surface area contributed by atoms with Gasteiger partial charge in [0.25, 0.3) is 0 Å². The molecular weight excluding hydrogens is 426 g/mol. The van der Waals surface area contributed by atoms with Crippen molar-refractivity contribution >= 4 is 33.0 Å². The second-order valence-corrected chi connectivity index (χ2v) is 10.8. The van der Waals surface area contributed by atoms with E-state index in [0.717, 1.165) is 30.0 Å². The van der Waals surface area contributed by atoms with Gasteiger partial charge in [0.05, 0.1) is 10.1 Å². The fourth-order valence-corrected chi connectivity index (χ4v) is 5.84. The van der Waals surface area contributed by atoms with E-state index in [4.69, 9.17) is 0 Å². The van der Waals surface area contributed by atoms with E-state index in [0.29, 0.717) is 26.1 Å². The molecule has 0 radical (unpaired) electrons. The van der Waals surface area contributed by atoms with Crippen LogP contribution < -0.4 is 9.80 Å². The van der Waals surface area contributed by atoms with Crippen LogP contribution in [0.25, 0.3) is 0 Å². The number of sulfone groups is 1. The van der Waals surface area contributed by atoms with Crippen LogP contribution in [0.2, 0.25) is 0 Å². The Labute approximate surface area is 189 Å². The Morgan fingerprint density at radius 2 is 1.66 bits per heavy atom. The number of hydrogen-bond acceptors (Lipinski definition) is 5. The van der Waals surface area contributed by atoms with Gasteiger partial charge in [-0.1, -0.05) is 18.2 Å². The van der Waals surface area contributed by atoms with Gasteiger partial charge >= 0.3 is 0 Å². The molecule has 0 N–H and O–H groups in total. The maximum Gasteiger partial charge on any atom is 0.224 e. The second kappa shape index (κ2) is 8.94. The molecule has 2 aliphatic rings. The monoisotopic (exact) mass is 455 g/mol. The van der Waals surface area contributed by atoms with Crippen LogP contribution in [0, 0.1) is 0 Å². The van der Waals surface area contributed by atoms with E-state index in [1.54, 1.807) is 34.9 Å². The predicted octanol–water partition coefficient (Wildman–Crippen LogP) is 2.50. The molecule has 1 fully saturated rings. The van der Waals surface area contributed by atoms with Crippen molar-refractivity contribution in [2.24, 2.45) is 0 Å². The van der Waals surface area contributed by atoms with E-state index in [2.05, 4.69) is 17.0 Å². The van der Waals surface area contributed by atoms with Crippen LogP contribution in [0.3, 0.4) is 0 Å². The molecule has 2 aromatic carbocycles. The normalized spacial score (nSPS) is 17.2. The summed E-state index contributed by atoms with van der Waals surface area (Å²) in [6.07, 6.45) is 0.599. The van der Waals surface area contributed by atoms with Crippen molar-refractivity contribution < 1.29 is 18.0 Å². The lowest BCUT2D eigenvalue weighted by Crippen LogP contribution is -2.49. The number of rotatable bonds is 5. The maximum atomic E-state index is 13.1. The van der Waals surface area contributed by atoms with E-state index in [9.17, 15) is 18.0 Å². The molecule has 2 aliphatic heterocycles. The van der Waals surface area contributed by atoms with Crippen molar-refractivity contribution in [1.82, 2.24) is 4.90 Å². The van der Waals surface area contributed by atoms with Crippen molar-refractivity contribution in [2.75, 3.05) is 42.5 Å². The van der Waals surface area contributed by atoms with E-state index >= 15 is 0 Å². The predicted molar refractivity (Wildman–Crippen MR) is 125 cm³/mol. The molecule has 1 unspecified atom stereocenters. The molecule has 4 rings (SSSR count). The average Bonchev–Trinajstić information content (AvgIpc) is 3.23. The van der Waals surface area contributed by atoms with Crippen LogP contribution >= 0.6 is 0 Å². The van der Waals surface area contributed by atoms with Gasteiger partial charge in [0.2, 0.25) is 11.8 Å². The molecule has 0 aliphatic carbocycles. The zero-order valence-electron chi connectivity index (χ0n) is 18.5. The highest BCUT2D eigenvalue weighted by atomic mass is 32.2. The summed E-state index contributed by atoms with van der Waals surface area (Å²) in [5.41, 5.74) is 2.77. The lowest BCUT2D eigenvalue weighted by molar-refractivity contribution is -0.131. The van der Waals surface area contributed by atoms with Crippen LogP contribution in [0.1, 0.15) is 25.8 Å². The Bertz CT molecular complexity index is 1110. The molecule has 0 saturated carbocycles. The largest absolute Gasteiger partial charge is 0.368 e. The highest BCUT2D eigenvalue weighted by Gasteiger charge is 2.31. The van der Waals surface area contributed by atoms with Gasteiger partial charge in [-0.05, 0) is 49.2 Å². The molecule has 170 valence electrons. The average molecular weight is 456 g/mol. The molecule has 7 nitrogen and oxygen atoms in total. The summed E-state index contributed by atoms with van der Waals surface area (Å²) >= 11 is 0. The molecule has 0 bridgehead atoms. The first-order valence-electron chi connectivity index (χ1n) is 11.0. The lowest BCUT2D eigenvalue weighted by Gasteiger charge is -2.36. The topological polar surface area (TPSA) is 78.0 Å². The Morgan fingerprint density at radius 3 is 2.31 bits per heavy atom. The number of anilines is 2. The van der Waals surface area contributed by atoms with Gasteiger partial charge < -0.3 is 14.7 Å². The number of nitrogens with zero attached hydrogens (tertiary/aromatic N) is 3. The Balaban J connectivity index is 1.39. The molecule has 8 heteroatoms. The summed E-state index contributed by atoms with van der Waals surface area (Å²) in [6, 6.07) is 15.0. The fourth-order valence-electron chi connectivity index (χ4n) is 4.45. The minimum Gasteiger partial charge on any atom is -0.368 e. The van der Waals surface area contributed by atoms with Gasteiger partial charge in [-0.3, -0.25) is 9.59 Å². The first-order valence-corrected chi connectivity index (χ1v) is 12.5. The highest BCUT2D eigenvalue weighted by molar-refractivity contribution is 7.92. The third-order valence-corrected chi connectivity index (χ3v) is 8.54. The van der Waals surface area contributed by atoms with Crippen molar-refractivity contribution in [3.8, 4) is 0 Å². The minimum atomic E-state index is -3.65. The van der Waals surface area contributed by atoms with Gasteiger partial charge in [0.15, 0.2) is 9.84 Å². The van der Waals surface area contributed by atoms with Gasteiger partial charge in [-0.2, -0.15) is 0 Å². The molecule has 0 aromatic heterocycles. The van der Waals surface area contributed by atoms with Gasteiger partial charge in [0.1, 0.15) is 0 Å². The molecule has 32 heavy (non-hydrogen) atoms. The number of carbonyl (C=O) groups is 2. The smallest absolute Gasteiger partial charge is 0.224 e. The third-order valence-electron chi connectivity index (χ3n) is 6.40. The molecule has 2 heterocycles. The first-order chi connectivity index (χ1) is 15.3. The van der Waals surface area contributed by atoms with Gasteiger partial charge in [0, 0.05) is 57.4 Å². The zero-order chi connectivity index (χ0) is 22.9. The van der Waals surface area contributed by atoms with Crippen molar-refractivity contribution in [1.29, 1.82) is 0 Å². The van der Waals surface area contributed by atoms with Crippen molar-refractivity contribution in [2.45, 2.75) is 36.8 Å². The van der Waals surface area contributed by atoms with Gasteiger partial charge in [-0.15, -0.1) is 0 Å².